The van der Waals surface area contributed by atoms with Crippen LogP contribution in [0, 0.1) is 0 Å². The van der Waals surface area contributed by atoms with Crippen molar-refractivity contribution in [2.24, 2.45) is 0 Å². The van der Waals surface area contributed by atoms with Crippen LogP contribution in [-0.4, -0.2) is 28.7 Å². The molecule has 2 heterocycles. The highest BCUT2D eigenvalue weighted by molar-refractivity contribution is 5.31. The van der Waals surface area contributed by atoms with E-state index in [-0.39, 0.29) is 0 Å². The molecular weight excluding hydrogens is 278 g/mol. The monoisotopic (exact) mass is 299 g/mol. The van der Waals surface area contributed by atoms with Crippen molar-refractivity contribution in [1.82, 2.24) is 15.0 Å². The third-order valence-electron chi connectivity index (χ3n) is 4.61. The number of rotatable bonds is 5. The molecule has 0 N–H and O–H groups in total. The molecule has 5 nitrogen and oxygen atoms in total. The predicted molar refractivity (Wildman–Crippen MR) is 81.7 cm³/mol. The second-order valence-corrected chi connectivity index (χ2v) is 6.23. The summed E-state index contributed by atoms with van der Waals surface area (Å²) in [4.78, 5) is 6.98. The molecule has 5 heteroatoms. The summed E-state index contributed by atoms with van der Waals surface area (Å²) >= 11 is 0. The molecule has 1 aromatic heterocycles. The second kappa shape index (κ2) is 5.72. The molecule has 1 aromatic carbocycles. The summed E-state index contributed by atoms with van der Waals surface area (Å²) in [5.74, 6) is 3.10. The number of ether oxygens (including phenoxy) is 1. The summed E-state index contributed by atoms with van der Waals surface area (Å²) < 4.78 is 10.8. The summed E-state index contributed by atoms with van der Waals surface area (Å²) in [6.45, 7) is 1.81. The highest BCUT2D eigenvalue weighted by atomic mass is 16.5. The maximum atomic E-state index is 5.43. The van der Waals surface area contributed by atoms with Crippen LogP contribution in [0.15, 0.2) is 28.8 Å². The minimum Gasteiger partial charge on any atom is -0.497 e. The topological polar surface area (TPSA) is 51.4 Å². The number of methoxy groups -OCH3 is 1. The van der Waals surface area contributed by atoms with Crippen LogP contribution in [0.3, 0.4) is 0 Å². The van der Waals surface area contributed by atoms with Gasteiger partial charge in [0.1, 0.15) is 5.75 Å². The molecule has 1 aliphatic heterocycles. The van der Waals surface area contributed by atoms with Crippen molar-refractivity contribution in [3.05, 3.63) is 41.5 Å². The molecule has 1 aliphatic carbocycles. The van der Waals surface area contributed by atoms with Gasteiger partial charge in [0.05, 0.1) is 13.7 Å². The molecule has 0 spiro atoms. The second-order valence-electron chi connectivity index (χ2n) is 6.23. The summed E-state index contributed by atoms with van der Waals surface area (Å²) in [6, 6.07) is 8.76. The van der Waals surface area contributed by atoms with Crippen molar-refractivity contribution in [2.75, 3.05) is 13.7 Å². The van der Waals surface area contributed by atoms with Gasteiger partial charge in [-0.15, -0.1) is 0 Å². The molecule has 1 saturated heterocycles. The number of hydrogen-bond donors (Lipinski definition) is 0. The highest BCUT2D eigenvalue weighted by Crippen LogP contribution is 2.39. The van der Waals surface area contributed by atoms with Gasteiger partial charge in [0.2, 0.25) is 5.89 Å². The zero-order valence-electron chi connectivity index (χ0n) is 12.9. The quantitative estimate of drug-likeness (QED) is 0.848. The van der Waals surface area contributed by atoms with E-state index in [9.17, 15) is 0 Å². The molecular formula is C17H21N3O2. The summed E-state index contributed by atoms with van der Waals surface area (Å²) in [5, 5.41) is 4.11. The van der Waals surface area contributed by atoms with Gasteiger partial charge in [-0.25, -0.2) is 0 Å². The molecule has 1 unspecified atom stereocenters. The number of hydrogen-bond acceptors (Lipinski definition) is 5. The zero-order chi connectivity index (χ0) is 14.9. The lowest BCUT2D eigenvalue weighted by atomic mass is 10.0. The largest absolute Gasteiger partial charge is 0.497 e. The average molecular weight is 299 g/mol. The van der Waals surface area contributed by atoms with Crippen molar-refractivity contribution < 1.29 is 9.26 Å². The smallest absolute Gasteiger partial charge is 0.240 e. The Morgan fingerprint density at radius 1 is 1.32 bits per heavy atom. The molecule has 22 heavy (non-hydrogen) atoms. The lowest BCUT2D eigenvalue weighted by molar-refractivity contribution is 0.212. The van der Waals surface area contributed by atoms with Crippen LogP contribution in [0.25, 0.3) is 0 Å². The van der Waals surface area contributed by atoms with E-state index in [1.165, 1.54) is 24.8 Å². The van der Waals surface area contributed by atoms with E-state index in [4.69, 9.17) is 9.26 Å². The van der Waals surface area contributed by atoms with Gasteiger partial charge in [0, 0.05) is 12.0 Å². The summed E-state index contributed by atoms with van der Waals surface area (Å²) in [7, 11) is 1.71. The van der Waals surface area contributed by atoms with Crippen molar-refractivity contribution >= 4 is 0 Å². The van der Waals surface area contributed by atoms with E-state index in [2.05, 4.69) is 33.2 Å². The first-order valence-corrected chi connectivity index (χ1v) is 8.04. The van der Waals surface area contributed by atoms with Gasteiger partial charge >= 0.3 is 0 Å². The minimum atomic E-state index is 0.409. The first kappa shape index (κ1) is 13.8. The number of nitrogens with zero attached hydrogens (tertiary/aromatic N) is 3. The Morgan fingerprint density at radius 3 is 3.05 bits per heavy atom. The van der Waals surface area contributed by atoms with E-state index in [1.807, 2.05) is 6.07 Å². The van der Waals surface area contributed by atoms with Crippen molar-refractivity contribution in [3.63, 3.8) is 0 Å². The average Bonchev–Trinajstić information content (AvgIpc) is 3.13. The lowest BCUT2D eigenvalue weighted by Gasteiger charge is -2.23. The molecule has 2 aromatic rings. The van der Waals surface area contributed by atoms with E-state index in [0.717, 1.165) is 37.0 Å². The molecule has 116 valence electrons. The Balaban J connectivity index is 1.49. The van der Waals surface area contributed by atoms with Crippen LogP contribution >= 0.6 is 0 Å². The molecule has 1 atom stereocenters. The normalized spacial score (nSPS) is 22.1. The van der Waals surface area contributed by atoms with Gasteiger partial charge in [-0.3, -0.25) is 4.90 Å². The van der Waals surface area contributed by atoms with Crippen molar-refractivity contribution in [2.45, 2.75) is 44.2 Å². The first-order valence-electron chi connectivity index (χ1n) is 8.04. The van der Waals surface area contributed by atoms with Crippen LogP contribution in [-0.2, 0) is 6.54 Å². The number of benzene rings is 1. The molecule has 1 saturated carbocycles. The molecule has 2 aliphatic rings. The first-order chi connectivity index (χ1) is 10.8. The van der Waals surface area contributed by atoms with Crippen LogP contribution in [0.4, 0.5) is 0 Å². The summed E-state index contributed by atoms with van der Waals surface area (Å²) in [5.41, 5.74) is 1.30. The fourth-order valence-electron chi connectivity index (χ4n) is 3.26. The maximum Gasteiger partial charge on any atom is 0.240 e. The molecule has 4 rings (SSSR count). The molecule has 2 fully saturated rings. The van der Waals surface area contributed by atoms with Gasteiger partial charge in [-0.2, -0.15) is 4.98 Å². The number of likely N-dealkylation sites (tertiary alicyclic amines) is 1. The minimum absolute atomic E-state index is 0.409. The van der Waals surface area contributed by atoms with Crippen LogP contribution in [0.5, 0.6) is 5.75 Å². The van der Waals surface area contributed by atoms with E-state index >= 15 is 0 Å². The SMILES string of the molecule is COc1cccc(C2CCCN2Cc2nc(C3CC3)no2)c1. The van der Waals surface area contributed by atoms with E-state index < -0.39 is 0 Å². The Bertz CT molecular complexity index is 651. The third-order valence-corrected chi connectivity index (χ3v) is 4.61. The molecule has 0 radical (unpaired) electrons. The van der Waals surface area contributed by atoms with Crippen LogP contribution in [0.1, 0.15) is 54.9 Å². The Morgan fingerprint density at radius 2 is 2.23 bits per heavy atom. The van der Waals surface area contributed by atoms with Crippen LogP contribution < -0.4 is 4.74 Å². The van der Waals surface area contributed by atoms with Gasteiger partial charge in [0.15, 0.2) is 5.82 Å². The Kier molecular flexibility index (Phi) is 3.58. The van der Waals surface area contributed by atoms with Gasteiger partial charge < -0.3 is 9.26 Å². The fraction of sp³-hybridized carbons (Fsp3) is 0.529. The number of aromatic nitrogens is 2. The Hall–Kier alpha value is -1.88. The standard InChI is InChI=1S/C17H21N3O2/c1-21-14-5-2-4-13(10-14)15-6-3-9-20(15)11-16-18-17(19-22-16)12-7-8-12/h2,4-5,10,12,15H,3,6-9,11H2,1H3. The maximum absolute atomic E-state index is 5.43. The third kappa shape index (κ3) is 2.73. The highest BCUT2D eigenvalue weighted by Gasteiger charge is 2.31. The van der Waals surface area contributed by atoms with E-state index in [1.54, 1.807) is 7.11 Å². The molecule has 0 bridgehead atoms. The van der Waals surface area contributed by atoms with Crippen LogP contribution in [0.2, 0.25) is 0 Å². The van der Waals surface area contributed by atoms with Gasteiger partial charge in [-0.05, 0) is 49.9 Å². The van der Waals surface area contributed by atoms with Gasteiger partial charge in [0.25, 0.3) is 0 Å². The van der Waals surface area contributed by atoms with E-state index in [0.29, 0.717) is 12.0 Å². The predicted octanol–water partition coefficient (Wildman–Crippen LogP) is 3.29. The molecule has 0 amide bonds. The fourth-order valence-corrected chi connectivity index (χ4v) is 3.26. The van der Waals surface area contributed by atoms with Crippen molar-refractivity contribution in [1.29, 1.82) is 0 Å². The Labute approximate surface area is 130 Å². The zero-order valence-corrected chi connectivity index (χ0v) is 12.9. The van der Waals surface area contributed by atoms with Gasteiger partial charge in [-0.1, -0.05) is 17.3 Å². The van der Waals surface area contributed by atoms with Crippen molar-refractivity contribution in [3.8, 4) is 5.75 Å². The summed E-state index contributed by atoms with van der Waals surface area (Å²) in [6.07, 6.45) is 4.77. The lowest BCUT2D eigenvalue weighted by Crippen LogP contribution is -2.23.